The molecular formula is C51H42N2. The van der Waals surface area contributed by atoms with Gasteiger partial charge in [-0.15, -0.1) is 0 Å². The molecule has 0 N–H and O–H groups in total. The summed E-state index contributed by atoms with van der Waals surface area (Å²) in [5, 5.41) is 7.02. The van der Waals surface area contributed by atoms with Crippen molar-refractivity contribution in [2.45, 2.75) is 33.1 Å². The van der Waals surface area contributed by atoms with E-state index >= 15 is 0 Å². The molecule has 0 saturated heterocycles. The summed E-state index contributed by atoms with van der Waals surface area (Å²) in [6.45, 7) is 17.3. The van der Waals surface area contributed by atoms with E-state index in [9.17, 15) is 0 Å². The average Bonchev–Trinajstić information content (AvgIpc) is 3.38. The SMILES string of the molecule is C=C/C=C\C1=C(C)C(C)(C)c2cc(-c3ccc4ccc(C(N=C(C)c5ccc6ccccc6c5)=NC(=C)c5ccc6ccccc6c5)cc4c3)ccc21. The molecule has 0 heterocycles. The van der Waals surface area contributed by atoms with Gasteiger partial charge < -0.3 is 0 Å². The van der Waals surface area contributed by atoms with Crippen LogP contribution in [0.25, 0.3) is 54.7 Å². The standard InChI is InChI=1S/C51H42N2/c1-7-8-17-47-33(2)51(5,6)49-32-44(26-27-48(47)49)43-24-20-38-21-25-45(31-46(38)30-43)50(52-34(3)39-22-18-36-13-9-11-15-41(36)28-39)53-35(4)40-23-19-37-14-10-12-16-42(37)29-40/h7-32H,1,3H2,2,4-6H3/b17-8-,52-50?,53-35?. The predicted molar refractivity (Wildman–Crippen MR) is 230 cm³/mol. The van der Waals surface area contributed by atoms with E-state index in [1.807, 2.05) is 12.2 Å². The second kappa shape index (κ2) is 13.6. The normalized spacial score (nSPS) is 14.4. The Bertz CT molecular complexity index is 2750. The van der Waals surface area contributed by atoms with Crippen molar-refractivity contribution < 1.29 is 0 Å². The van der Waals surface area contributed by atoms with Crippen LogP contribution in [-0.4, -0.2) is 11.5 Å². The maximum absolute atomic E-state index is 5.22. The number of nitrogens with zero attached hydrogens (tertiary/aromatic N) is 2. The van der Waals surface area contributed by atoms with E-state index in [1.165, 1.54) is 49.6 Å². The van der Waals surface area contributed by atoms with E-state index in [1.54, 1.807) is 0 Å². The molecule has 8 rings (SSSR count). The number of rotatable bonds is 7. The molecule has 256 valence electrons. The van der Waals surface area contributed by atoms with Gasteiger partial charge in [0.05, 0.1) is 5.70 Å². The highest BCUT2D eigenvalue weighted by molar-refractivity contribution is 6.14. The van der Waals surface area contributed by atoms with Crippen molar-refractivity contribution in [3.63, 3.8) is 0 Å². The fraction of sp³-hybridized carbons (Fsp3) is 0.0980. The Morgan fingerprint density at radius 3 is 1.83 bits per heavy atom. The lowest BCUT2D eigenvalue weighted by Gasteiger charge is -2.23. The van der Waals surface area contributed by atoms with Gasteiger partial charge in [0.25, 0.3) is 0 Å². The van der Waals surface area contributed by atoms with Gasteiger partial charge in [-0.05, 0) is 110 Å². The van der Waals surface area contributed by atoms with Crippen LogP contribution in [0.1, 0.15) is 55.5 Å². The highest BCUT2D eigenvalue weighted by Crippen LogP contribution is 2.47. The lowest BCUT2D eigenvalue weighted by molar-refractivity contribution is 0.639. The first-order valence-electron chi connectivity index (χ1n) is 18.2. The first-order valence-corrected chi connectivity index (χ1v) is 18.2. The van der Waals surface area contributed by atoms with E-state index in [0.717, 1.165) is 38.6 Å². The molecule has 0 radical (unpaired) electrons. The maximum Gasteiger partial charge on any atom is 0.160 e. The van der Waals surface area contributed by atoms with Gasteiger partial charge in [0.1, 0.15) is 0 Å². The second-order valence-corrected chi connectivity index (χ2v) is 14.5. The van der Waals surface area contributed by atoms with Gasteiger partial charge >= 0.3 is 0 Å². The third-order valence-electron chi connectivity index (χ3n) is 10.9. The predicted octanol–water partition coefficient (Wildman–Crippen LogP) is 13.5. The van der Waals surface area contributed by atoms with E-state index in [-0.39, 0.29) is 5.41 Å². The summed E-state index contributed by atoms with van der Waals surface area (Å²) in [6.07, 6.45) is 6.06. The number of aliphatic imine (C=N–C) groups is 2. The van der Waals surface area contributed by atoms with Crippen LogP contribution < -0.4 is 0 Å². The zero-order valence-corrected chi connectivity index (χ0v) is 30.8. The smallest absolute Gasteiger partial charge is 0.160 e. The fourth-order valence-electron chi connectivity index (χ4n) is 7.51. The monoisotopic (exact) mass is 682 g/mol. The minimum atomic E-state index is -0.0596. The van der Waals surface area contributed by atoms with Crippen molar-refractivity contribution in [1.82, 2.24) is 0 Å². The lowest BCUT2D eigenvalue weighted by Crippen LogP contribution is -2.15. The molecule has 0 amide bonds. The topological polar surface area (TPSA) is 24.7 Å². The molecule has 1 aliphatic rings. The first-order chi connectivity index (χ1) is 25.7. The molecule has 7 aromatic carbocycles. The molecule has 53 heavy (non-hydrogen) atoms. The number of hydrogen-bond donors (Lipinski definition) is 0. The summed E-state index contributed by atoms with van der Waals surface area (Å²) < 4.78 is 0. The number of fused-ring (bicyclic) bond motifs is 4. The molecule has 2 heteroatoms. The number of amidine groups is 1. The van der Waals surface area contributed by atoms with Crippen molar-refractivity contribution in [3.8, 4) is 11.1 Å². The molecule has 0 bridgehead atoms. The molecule has 0 unspecified atom stereocenters. The summed E-state index contributed by atoms with van der Waals surface area (Å²) in [6, 6.07) is 49.8. The highest BCUT2D eigenvalue weighted by atomic mass is 14.9. The molecule has 2 nitrogen and oxygen atoms in total. The molecule has 0 aliphatic heterocycles. The largest absolute Gasteiger partial charge is 0.233 e. The highest BCUT2D eigenvalue weighted by Gasteiger charge is 2.34. The van der Waals surface area contributed by atoms with E-state index in [4.69, 9.17) is 9.98 Å². The Morgan fingerprint density at radius 1 is 0.585 bits per heavy atom. The third kappa shape index (κ3) is 6.38. The quantitative estimate of drug-likeness (QED) is 0.0908. The molecule has 0 spiro atoms. The van der Waals surface area contributed by atoms with Crippen molar-refractivity contribution in [2.75, 3.05) is 0 Å². The van der Waals surface area contributed by atoms with Gasteiger partial charge in [-0.2, -0.15) is 0 Å². The van der Waals surface area contributed by atoms with Crippen LogP contribution in [0.15, 0.2) is 186 Å². The Labute approximate surface area is 312 Å². The van der Waals surface area contributed by atoms with Crippen LogP contribution in [-0.2, 0) is 5.41 Å². The van der Waals surface area contributed by atoms with Gasteiger partial charge in [-0.1, -0.05) is 160 Å². The van der Waals surface area contributed by atoms with Gasteiger partial charge in [0.2, 0.25) is 0 Å². The molecule has 0 aromatic heterocycles. The van der Waals surface area contributed by atoms with E-state index in [2.05, 4.69) is 186 Å². The molecular weight excluding hydrogens is 641 g/mol. The van der Waals surface area contributed by atoms with Crippen LogP contribution in [0.3, 0.4) is 0 Å². The number of benzene rings is 7. The van der Waals surface area contributed by atoms with Crippen LogP contribution >= 0.6 is 0 Å². The molecule has 0 fully saturated rings. The average molecular weight is 683 g/mol. The molecule has 0 atom stereocenters. The second-order valence-electron chi connectivity index (χ2n) is 14.5. The van der Waals surface area contributed by atoms with Crippen molar-refractivity contribution in [2.24, 2.45) is 9.98 Å². The van der Waals surface area contributed by atoms with Crippen LogP contribution in [0.5, 0.6) is 0 Å². The fourth-order valence-corrected chi connectivity index (χ4v) is 7.51. The summed E-state index contributed by atoms with van der Waals surface area (Å²) in [4.78, 5) is 10.4. The van der Waals surface area contributed by atoms with Crippen molar-refractivity contribution in [3.05, 3.63) is 204 Å². The van der Waals surface area contributed by atoms with Gasteiger partial charge in [0.15, 0.2) is 5.84 Å². The zero-order chi connectivity index (χ0) is 36.7. The molecule has 1 aliphatic carbocycles. The van der Waals surface area contributed by atoms with Crippen LogP contribution in [0, 0.1) is 0 Å². The lowest BCUT2D eigenvalue weighted by atomic mass is 9.81. The Morgan fingerprint density at radius 2 is 1.13 bits per heavy atom. The summed E-state index contributed by atoms with van der Waals surface area (Å²) in [5.74, 6) is 0.627. The maximum atomic E-state index is 5.22. The van der Waals surface area contributed by atoms with E-state index in [0.29, 0.717) is 11.5 Å². The summed E-state index contributed by atoms with van der Waals surface area (Å²) in [7, 11) is 0. The van der Waals surface area contributed by atoms with Crippen molar-refractivity contribution in [1.29, 1.82) is 0 Å². The minimum absolute atomic E-state index is 0.0596. The Hall–Kier alpha value is -6.38. The van der Waals surface area contributed by atoms with Crippen LogP contribution in [0.2, 0.25) is 0 Å². The zero-order valence-electron chi connectivity index (χ0n) is 30.8. The van der Waals surface area contributed by atoms with Gasteiger partial charge in [-0.25, -0.2) is 9.98 Å². The van der Waals surface area contributed by atoms with Crippen molar-refractivity contribution >= 4 is 55.1 Å². The molecule has 7 aromatic rings. The number of allylic oxidation sites excluding steroid dienone is 5. The Kier molecular flexibility index (Phi) is 8.68. The first kappa shape index (κ1) is 33.7. The Balaban J connectivity index is 1.21. The minimum Gasteiger partial charge on any atom is -0.233 e. The van der Waals surface area contributed by atoms with Gasteiger partial charge in [0, 0.05) is 22.3 Å². The van der Waals surface area contributed by atoms with Gasteiger partial charge in [-0.3, -0.25) is 0 Å². The van der Waals surface area contributed by atoms with E-state index < -0.39 is 0 Å². The molecule has 0 saturated carbocycles. The number of hydrogen-bond acceptors (Lipinski definition) is 1. The van der Waals surface area contributed by atoms with Crippen LogP contribution in [0.4, 0.5) is 0 Å². The summed E-state index contributed by atoms with van der Waals surface area (Å²) in [5.41, 5.74) is 12.2. The third-order valence-corrected chi connectivity index (χ3v) is 10.9. The summed E-state index contributed by atoms with van der Waals surface area (Å²) >= 11 is 0.